The Balaban J connectivity index is 1.92. The summed E-state index contributed by atoms with van der Waals surface area (Å²) in [4.78, 5) is 2.77. The third-order valence-corrected chi connectivity index (χ3v) is 5.71. The van der Waals surface area contributed by atoms with Crippen LogP contribution in [0.2, 0.25) is 0 Å². The standard InChI is InChI=1S/C19H38N2/c1-17(2,3)16-9-12-21(13-16)15-19(10-7-8-11-19)14-20-18(4,5)6/h16,20H,7-15H2,1-6H3. The van der Waals surface area contributed by atoms with E-state index < -0.39 is 0 Å². The molecule has 2 aliphatic rings. The first-order chi connectivity index (χ1) is 9.60. The Hall–Kier alpha value is -0.0800. The molecule has 124 valence electrons. The van der Waals surface area contributed by atoms with Crippen molar-refractivity contribution in [2.24, 2.45) is 16.7 Å². The van der Waals surface area contributed by atoms with Crippen LogP contribution in [0.25, 0.3) is 0 Å². The van der Waals surface area contributed by atoms with Crippen LogP contribution >= 0.6 is 0 Å². The Morgan fingerprint density at radius 1 is 1.05 bits per heavy atom. The highest BCUT2D eigenvalue weighted by molar-refractivity contribution is 4.94. The largest absolute Gasteiger partial charge is 0.311 e. The fraction of sp³-hybridized carbons (Fsp3) is 1.00. The molecule has 0 amide bonds. The van der Waals surface area contributed by atoms with Gasteiger partial charge in [0.25, 0.3) is 0 Å². The highest BCUT2D eigenvalue weighted by atomic mass is 15.2. The van der Waals surface area contributed by atoms with Crippen molar-refractivity contribution in [3.05, 3.63) is 0 Å². The van der Waals surface area contributed by atoms with E-state index in [2.05, 4.69) is 51.8 Å². The summed E-state index contributed by atoms with van der Waals surface area (Å²) in [5.41, 5.74) is 1.26. The summed E-state index contributed by atoms with van der Waals surface area (Å²) in [6.07, 6.45) is 7.11. The van der Waals surface area contributed by atoms with Gasteiger partial charge >= 0.3 is 0 Å². The van der Waals surface area contributed by atoms with Crippen molar-refractivity contribution in [3.63, 3.8) is 0 Å². The minimum atomic E-state index is 0.245. The predicted octanol–water partition coefficient (Wildman–Crippen LogP) is 4.30. The molecule has 21 heavy (non-hydrogen) atoms. The predicted molar refractivity (Wildman–Crippen MR) is 92.7 cm³/mol. The van der Waals surface area contributed by atoms with Crippen LogP contribution in [-0.2, 0) is 0 Å². The van der Waals surface area contributed by atoms with Gasteiger partial charge in [-0.25, -0.2) is 0 Å². The number of likely N-dealkylation sites (tertiary alicyclic amines) is 1. The number of nitrogens with one attached hydrogen (secondary N) is 1. The zero-order valence-corrected chi connectivity index (χ0v) is 15.4. The molecule has 2 heteroatoms. The van der Waals surface area contributed by atoms with Crippen molar-refractivity contribution in [2.75, 3.05) is 26.2 Å². The van der Waals surface area contributed by atoms with Crippen LogP contribution in [0.3, 0.4) is 0 Å². The minimum absolute atomic E-state index is 0.245. The fourth-order valence-electron chi connectivity index (χ4n) is 4.13. The van der Waals surface area contributed by atoms with Crippen LogP contribution in [-0.4, -0.2) is 36.6 Å². The smallest absolute Gasteiger partial charge is 0.00967 e. The molecule has 0 bridgehead atoms. The average molecular weight is 295 g/mol. The van der Waals surface area contributed by atoms with Gasteiger partial charge in [-0.05, 0) is 63.3 Å². The van der Waals surface area contributed by atoms with Gasteiger partial charge in [0, 0.05) is 25.2 Å². The van der Waals surface area contributed by atoms with E-state index in [1.165, 1.54) is 58.3 Å². The molecule has 0 aromatic carbocycles. The molecule has 1 heterocycles. The second-order valence-corrected chi connectivity index (χ2v) is 9.90. The molecule has 2 nitrogen and oxygen atoms in total. The molecule has 1 saturated heterocycles. The Morgan fingerprint density at radius 3 is 2.14 bits per heavy atom. The zero-order valence-electron chi connectivity index (χ0n) is 15.4. The molecule has 1 unspecified atom stereocenters. The van der Waals surface area contributed by atoms with Gasteiger partial charge in [-0.1, -0.05) is 33.6 Å². The summed E-state index contributed by atoms with van der Waals surface area (Å²) in [6, 6.07) is 0. The zero-order chi connectivity index (χ0) is 15.7. The summed E-state index contributed by atoms with van der Waals surface area (Å²) >= 11 is 0. The molecule has 0 aromatic rings. The van der Waals surface area contributed by atoms with Gasteiger partial charge in [0.05, 0.1) is 0 Å². The molecule has 1 N–H and O–H groups in total. The lowest BCUT2D eigenvalue weighted by Crippen LogP contribution is -2.47. The topological polar surface area (TPSA) is 15.3 Å². The summed E-state index contributed by atoms with van der Waals surface area (Å²) in [7, 11) is 0. The van der Waals surface area contributed by atoms with E-state index >= 15 is 0 Å². The molecule has 2 rings (SSSR count). The Kier molecular flexibility index (Phi) is 5.10. The lowest BCUT2D eigenvalue weighted by Gasteiger charge is -2.37. The maximum atomic E-state index is 3.79. The van der Waals surface area contributed by atoms with Gasteiger partial charge in [0.2, 0.25) is 0 Å². The van der Waals surface area contributed by atoms with Crippen molar-refractivity contribution in [1.29, 1.82) is 0 Å². The molecule has 2 fully saturated rings. The average Bonchev–Trinajstić information content (AvgIpc) is 2.95. The van der Waals surface area contributed by atoms with Gasteiger partial charge in [0.15, 0.2) is 0 Å². The Labute approximate surface area is 133 Å². The van der Waals surface area contributed by atoms with E-state index in [1.807, 2.05) is 0 Å². The summed E-state index contributed by atoms with van der Waals surface area (Å²) < 4.78 is 0. The third kappa shape index (κ3) is 4.96. The molecule has 1 saturated carbocycles. The van der Waals surface area contributed by atoms with Crippen molar-refractivity contribution < 1.29 is 0 Å². The number of hydrogen-bond acceptors (Lipinski definition) is 2. The first kappa shape index (κ1) is 17.3. The van der Waals surface area contributed by atoms with Gasteiger partial charge in [0.1, 0.15) is 0 Å². The molecule has 0 spiro atoms. The second kappa shape index (κ2) is 6.20. The van der Waals surface area contributed by atoms with E-state index in [1.54, 1.807) is 0 Å². The highest BCUT2D eigenvalue weighted by Crippen LogP contribution is 2.41. The SMILES string of the molecule is CC(C)(C)NCC1(CN2CCC(C(C)(C)C)C2)CCCC1. The Morgan fingerprint density at radius 2 is 1.67 bits per heavy atom. The van der Waals surface area contributed by atoms with Crippen molar-refractivity contribution >= 4 is 0 Å². The number of rotatable bonds is 4. The van der Waals surface area contributed by atoms with E-state index in [0.717, 1.165) is 5.92 Å². The van der Waals surface area contributed by atoms with Gasteiger partial charge in [-0.2, -0.15) is 0 Å². The highest BCUT2D eigenvalue weighted by Gasteiger charge is 2.39. The number of nitrogens with zero attached hydrogens (tertiary/aromatic N) is 1. The van der Waals surface area contributed by atoms with Crippen LogP contribution in [0.15, 0.2) is 0 Å². The van der Waals surface area contributed by atoms with Crippen LogP contribution in [0.5, 0.6) is 0 Å². The summed E-state index contributed by atoms with van der Waals surface area (Å²) in [6.45, 7) is 19.3. The van der Waals surface area contributed by atoms with Gasteiger partial charge in [-0.3, -0.25) is 0 Å². The molecule has 1 aliphatic carbocycles. The van der Waals surface area contributed by atoms with E-state index in [0.29, 0.717) is 10.8 Å². The summed E-state index contributed by atoms with van der Waals surface area (Å²) in [5.74, 6) is 0.881. The first-order valence-corrected chi connectivity index (χ1v) is 9.07. The molecule has 0 radical (unpaired) electrons. The Bertz CT molecular complexity index is 328. The maximum absolute atomic E-state index is 3.79. The lowest BCUT2D eigenvalue weighted by atomic mass is 9.80. The molecule has 1 atom stereocenters. The van der Waals surface area contributed by atoms with Crippen molar-refractivity contribution in [3.8, 4) is 0 Å². The maximum Gasteiger partial charge on any atom is 0.00967 e. The second-order valence-electron chi connectivity index (χ2n) is 9.90. The third-order valence-electron chi connectivity index (χ3n) is 5.71. The van der Waals surface area contributed by atoms with Crippen LogP contribution in [0.4, 0.5) is 0 Å². The fourth-order valence-corrected chi connectivity index (χ4v) is 4.13. The van der Waals surface area contributed by atoms with Crippen molar-refractivity contribution in [2.45, 2.75) is 79.2 Å². The van der Waals surface area contributed by atoms with Crippen LogP contribution in [0.1, 0.15) is 73.6 Å². The minimum Gasteiger partial charge on any atom is -0.311 e. The van der Waals surface area contributed by atoms with E-state index in [-0.39, 0.29) is 5.54 Å². The molecule has 0 aromatic heterocycles. The van der Waals surface area contributed by atoms with E-state index in [9.17, 15) is 0 Å². The number of hydrogen-bond donors (Lipinski definition) is 1. The van der Waals surface area contributed by atoms with Crippen LogP contribution in [0, 0.1) is 16.7 Å². The molecular weight excluding hydrogens is 256 g/mol. The van der Waals surface area contributed by atoms with Gasteiger partial charge in [-0.15, -0.1) is 0 Å². The van der Waals surface area contributed by atoms with Gasteiger partial charge < -0.3 is 10.2 Å². The molecule has 1 aliphatic heterocycles. The molecular formula is C19H38N2. The monoisotopic (exact) mass is 294 g/mol. The normalized spacial score (nSPS) is 27.4. The lowest BCUT2D eigenvalue weighted by molar-refractivity contribution is 0.146. The van der Waals surface area contributed by atoms with Crippen molar-refractivity contribution in [1.82, 2.24) is 10.2 Å². The first-order valence-electron chi connectivity index (χ1n) is 9.07. The van der Waals surface area contributed by atoms with Crippen LogP contribution < -0.4 is 5.32 Å². The van der Waals surface area contributed by atoms with E-state index in [4.69, 9.17) is 0 Å². The quantitative estimate of drug-likeness (QED) is 0.831. The summed E-state index contributed by atoms with van der Waals surface area (Å²) in [5, 5.41) is 3.79.